The third-order valence-corrected chi connectivity index (χ3v) is 3.07. The van der Waals surface area contributed by atoms with Gasteiger partial charge in [0, 0.05) is 0 Å². The fraction of sp³-hybridized carbons (Fsp3) is 0.571. The van der Waals surface area contributed by atoms with E-state index in [-0.39, 0.29) is 0 Å². The van der Waals surface area contributed by atoms with E-state index >= 15 is 0 Å². The normalized spacial score (nSPS) is 12.3. The van der Waals surface area contributed by atoms with Crippen LogP contribution < -0.4 is 15.2 Å². The molecule has 1 unspecified atom stereocenters. The van der Waals surface area contributed by atoms with Gasteiger partial charge in [0.1, 0.15) is 0 Å². The second kappa shape index (κ2) is 6.50. The molecule has 3 heteroatoms. The summed E-state index contributed by atoms with van der Waals surface area (Å²) in [4.78, 5) is 0. The van der Waals surface area contributed by atoms with Crippen molar-refractivity contribution in [2.75, 3.05) is 20.8 Å². The van der Waals surface area contributed by atoms with Crippen molar-refractivity contribution in [1.82, 2.24) is 0 Å². The summed E-state index contributed by atoms with van der Waals surface area (Å²) in [5.41, 5.74) is 8.13. The van der Waals surface area contributed by atoms with Crippen molar-refractivity contribution >= 4 is 0 Å². The molecule has 0 amide bonds. The Balaban J connectivity index is 2.92. The summed E-state index contributed by atoms with van der Waals surface area (Å²) in [5.74, 6) is 2.19. The van der Waals surface area contributed by atoms with Crippen LogP contribution in [0.2, 0.25) is 0 Å². The smallest absolute Gasteiger partial charge is 0.161 e. The number of ether oxygens (including phenoxy) is 2. The van der Waals surface area contributed by atoms with Crippen LogP contribution >= 0.6 is 0 Å². The van der Waals surface area contributed by atoms with E-state index in [1.54, 1.807) is 14.2 Å². The summed E-state index contributed by atoms with van der Waals surface area (Å²) >= 11 is 0. The maximum Gasteiger partial charge on any atom is 0.161 e. The highest BCUT2D eigenvalue weighted by Gasteiger charge is 2.11. The van der Waals surface area contributed by atoms with Crippen molar-refractivity contribution in [1.29, 1.82) is 0 Å². The van der Waals surface area contributed by atoms with Gasteiger partial charge in [0.25, 0.3) is 0 Å². The number of rotatable bonds is 6. The largest absolute Gasteiger partial charge is 0.493 e. The van der Waals surface area contributed by atoms with Crippen molar-refractivity contribution < 1.29 is 9.47 Å². The number of hydrogen-bond donors (Lipinski definition) is 1. The van der Waals surface area contributed by atoms with E-state index in [0.29, 0.717) is 5.92 Å². The molecule has 0 saturated carbocycles. The second-order valence-electron chi connectivity index (χ2n) is 4.52. The average Bonchev–Trinajstić information content (AvgIpc) is 2.31. The Kier molecular flexibility index (Phi) is 5.29. The van der Waals surface area contributed by atoms with Crippen LogP contribution in [0.1, 0.15) is 24.5 Å². The Labute approximate surface area is 104 Å². The zero-order chi connectivity index (χ0) is 12.8. The van der Waals surface area contributed by atoms with Crippen molar-refractivity contribution in [3.8, 4) is 11.5 Å². The summed E-state index contributed by atoms with van der Waals surface area (Å²) in [6, 6.07) is 4.10. The first kappa shape index (κ1) is 13.8. The molecule has 1 aromatic carbocycles. The van der Waals surface area contributed by atoms with Gasteiger partial charge in [-0.3, -0.25) is 0 Å². The minimum absolute atomic E-state index is 0.594. The fourth-order valence-electron chi connectivity index (χ4n) is 2.00. The van der Waals surface area contributed by atoms with Crippen LogP contribution in [0.5, 0.6) is 11.5 Å². The van der Waals surface area contributed by atoms with E-state index in [0.717, 1.165) is 30.9 Å². The van der Waals surface area contributed by atoms with Gasteiger partial charge >= 0.3 is 0 Å². The maximum absolute atomic E-state index is 5.58. The Hall–Kier alpha value is -1.22. The van der Waals surface area contributed by atoms with E-state index in [9.17, 15) is 0 Å². The molecule has 0 aliphatic heterocycles. The minimum Gasteiger partial charge on any atom is -0.493 e. The average molecular weight is 237 g/mol. The summed E-state index contributed by atoms with van der Waals surface area (Å²) < 4.78 is 10.6. The molecule has 0 spiro atoms. The monoisotopic (exact) mass is 237 g/mol. The van der Waals surface area contributed by atoms with Crippen molar-refractivity contribution in [3.63, 3.8) is 0 Å². The minimum atomic E-state index is 0.594. The van der Waals surface area contributed by atoms with Gasteiger partial charge in [-0.05, 0) is 55.5 Å². The van der Waals surface area contributed by atoms with Gasteiger partial charge in [-0.25, -0.2) is 0 Å². The molecule has 0 radical (unpaired) electrons. The number of benzene rings is 1. The van der Waals surface area contributed by atoms with Crippen LogP contribution in [0.15, 0.2) is 12.1 Å². The van der Waals surface area contributed by atoms with Crippen LogP contribution in [0.4, 0.5) is 0 Å². The Morgan fingerprint density at radius 2 is 1.76 bits per heavy atom. The van der Waals surface area contributed by atoms with Crippen LogP contribution in [-0.4, -0.2) is 20.8 Å². The first-order valence-corrected chi connectivity index (χ1v) is 6.04. The van der Waals surface area contributed by atoms with Crippen molar-refractivity contribution in [2.24, 2.45) is 11.7 Å². The summed E-state index contributed by atoms with van der Waals surface area (Å²) in [6.45, 7) is 5.07. The third kappa shape index (κ3) is 3.63. The van der Waals surface area contributed by atoms with Gasteiger partial charge in [-0.15, -0.1) is 0 Å². The van der Waals surface area contributed by atoms with E-state index in [1.807, 2.05) is 6.07 Å². The Morgan fingerprint density at radius 3 is 2.29 bits per heavy atom. The van der Waals surface area contributed by atoms with Gasteiger partial charge in [-0.1, -0.05) is 6.92 Å². The van der Waals surface area contributed by atoms with Crippen molar-refractivity contribution in [2.45, 2.75) is 26.7 Å². The predicted octanol–water partition coefficient (Wildman–Crippen LogP) is 2.54. The molecule has 0 saturated heterocycles. The molecule has 96 valence electrons. The molecular formula is C14H23NO2. The first-order chi connectivity index (χ1) is 8.12. The number of hydrogen-bond acceptors (Lipinski definition) is 3. The first-order valence-electron chi connectivity index (χ1n) is 6.04. The van der Waals surface area contributed by atoms with Gasteiger partial charge in [0.15, 0.2) is 11.5 Å². The lowest BCUT2D eigenvalue weighted by molar-refractivity contribution is 0.354. The molecule has 3 nitrogen and oxygen atoms in total. The lowest BCUT2D eigenvalue weighted by atomic mass is 9.95. The van der Waals surface area contributed by atoms with Gasteiger partial charge in [-0.2, -0.15) is 0 Å². The number of methoxy groups -OCH3 is 2. The van der Waals surface area contributed by atoms with E-state index in [1.165, 1.54) is 11.1 Å². The SMILES string of the molecule is COc1cc(C)c(CC(C)CCN)cc1OC. The highest BCUT2D eigenvalue weighted by molar-refractivity contribution is 5.47. The van der Waals surface area contributed by atoms with Gasteiger partial charge in [0.2, 0.25) is 0 Å². The molecule has 1 aromatic rings. The number of aryl methyl sites for hydroxylation is 1. The quantitative estimate of drug-likeness (QED) is 0.827. The number of nitrogens with two attached hydrogens (primary N) is 1. The molecule has 1 rings (SSSR count). The van der Waals surface area contributed by atoms with Crippen LogP contribution in [0.25, 0.3) is 0 Å². The molecule has 0 fully saturated rings. The molecule has 1 atom stereocenters. The second-order valence-corrected chi connectivity index (χ2v) is 4.52. The van der Waals surface area contributed by atoms with Gasteiger partial charge in [0.05, 0.1) is 14.2 Å². The highest BCUT2D eigenvalue weighted by Crippen LogP contribution is 2.31. The lowest BCUT2D eigenvalue weighted by Gasteiger charge is -2.15. The van der Waals surface area contributed by atoms with E-state index in [4.69, 9.17) is 15.2 Å². The molecule has 2 N–H and O–H groups in total. The van der Waals surface area contributed by atoms with Gasteiger partial charge < -0.3 is 15.2 Å². The van der Waals surface area contributed by atoms with Crippen LogP contribution in [0.3, 0.4) is 0 Å². The fourth-order valence-corrected chi connectivity index (χ4v) is 2.00. The summed E-state index contributed by atoms with van der Waals surface area (Å²) in [6.07, 6.45) is 2.08. The topological polar surface area (TPSA) is 44.5 Å². The summed E-state index contributed by atoms with van der Waals surface area (Å²) in [5, 5.41) is 0. The molecule has 17 heavy (non-hydrogen) atoms. The zero-order valence-electron chi connectivity index (χ0n) is 11.2. The molecule has 0 aromatic heterocycles. The highest BCUT2D eigenvalue weighted by atomic mass is 16.5. The Morgan fingerprint density at radius 1 is 1.18 bits per heavy atom. The Bertz CT molecular complexity index is 363. The third-order valence-electron chi connectivity index (χ3n) is 3.07. The molecular weight excluding hydrogens is 214 g/mol. The lowest BCUT2D eigenvalue weighted by Crippen LogP contribution is -2.09. The zero-order valence-corrected chi connectivity index (χ0v) is 11.2. The maximum atomic E-state index is 5.58. The molecule has 0 aliphatic carbocycles. The molecule has 0 bridgehead atoms. The van der Waals surface area contributed by atoms with E-state index in [2.05, 4.69) is 19.9 Å². The molecule has 0 heterocycles. The predicted molar refractivity (Wildman–Crippen MR) is 70.8 cm³/mol. The van der Waals surface area contributed by atoms with Crippen LogP contribution in [-0.2, 0) is 6.42 Å². The van der Waals surface area contributed by atoms with Crippen molar-refractivity contribution in [3.05, 3.63) is 23.3 Å². The standard InChI is InChI=1S/C14H23NO2/c1-10(5-6-15)7-12-9-14(17-4)13(16-3)8-11(12)2/h8-10H,5-7,15H2,1-4H3. The molecule has 0 aliphatic rings. The summed E-state index contributed by atoms with van der Waals surface area (Å²) in [7, 11) is 3.33. The van der Waals surface area contributed by atoms with Crippen LogP contribution in [0, 0.1) is 12.8 Å². The van der Waals surface area contributed by atoms with E-state index < -0.39 is 0 Å².